The average Bonchev–Trinajstić information content (AvgIpc) is 2.63. The Morgan fingerprint density at radius 1 is 1.25 bits per heavy atom. The molecule has 0 radical (unpaired) electrons. The number of hydrogen-bond donors (Lipinski definition) is 1. The lowest BCUT2D eigenvalue weighted by Gasteiger charge is -2.33. The molecule has 24 heavy (non-hydrogen) atoms. The minimum Gasteiger partial charge on any atom is -0.480 e. The van der Waals surface area contributed by atoms with Gasteiger partial charge in [-0.15, -0.1) is 0 Å². The summed E-state index contributed by atoms with van der Waals surface area (Å²) in [5.41, 5.74) is 1.39. The van der Waals surface area contributed by atoms with E-state index in [2.05, 4.69) is 10.3 Å². The van der Waals surface area contributed by atoms with E-state index in [0.717, 1.165) is 18.5 Å². The van der Waals surface area contributed by atoms with Crippen LogP contribution in [0.5, 0.6) is 5.88 Å². The molecule has 0 atom stereocenters. The molecule has 0 aliphatic carbocycles. The van der Waals surface area contributed by atoms with Crippen LogP contribution < -0.4 is 10.1 Å². The standard InChI is InChI=1S/C18H20FN3O2/c1-24-17-16(3-2-10-20-17)18(23)22-11-8-15(9-12-22)21-14-6-4-13(19)5-7-14/h2-7,10,15,21H,8-9,11-12H2,1H3. The van der Waals surface area contributed by atoms with E-state index >= 15 is 0 Å². The minimum absolute atomic E-state index is 0.0554. The highest BCUT2D eigenvalue weighted by Crippen LogP contribution is 2.21. The number of pyridine rings is 1. The van der Waals surface area contributed by atoms with Crippen LogP contribution in [-0.2, 0) is 0 Å². The van der Waals surface area contributed by atoms with Crippen LogP contribution in [0, 0.1) is 5.82 Å². The average molecular weight is 329 g/mol. The number of rotatable bonds is 4. The molecule has 1 aliphatic rings. The summed E-state index contributed by atoms with van der Waals surface area (Å²) in [6.45, 7) is 1.32. The molecule has 0 bridgehead atoms. The molecular weight excluding hydrogens is 309 g/mol. The molecule has 1 aliphatic heterocycles. The van der Waals surface area contributed by atoms with Gasteiger partial charge in [-0.3, -0.25) is 4.79 Å². The number of anilines is 1. The Kier molecular flexibility index (Phi) is 4.93. The van der Waals surface area contributed by atoms with Gasteiger partial charge in [0.05, 0.1) is 7.11 Å². The lowest BCUT2D eigenvalue weighted by atomic mass is 10.0. The van der Waals surface area contributed by atoms with Gasteiger partial charge in [0.15, 0.2) is 0 Å². The molecule has 0 saturated carbocycles. The number of likely N-dealkylation sites (tertiary alicyclic amines) is 1. The Hall–Kier alpha value is -2.63. The molecule has 126 valence electrons. The first-order chi connectivity index (χ1) is 11.7. The van der Waals surface area contributed by atoms with Crippen molar-refractivity contribution in [2.24, 2.45) is 0 Å². The fraction of sp³-hybridized carbons (Fsp3) is 0.333. The second-order valence-corrected chi connectivity index (χ2v) is 5.78. The fourth-order valence-electron chi connectivity index (χ4n) is 2.90. The Bertz CT molecular complexity index is 698. The number of ether oxygens (including phenoxy) is 1. The van der Waals surface area contributed by atoms with Crippen molar-refractivity contribution in [2.75, 3.05) is 25.5 Å². The minimum atomic E-state index is -0.244. The van der Waals surface area contributed by atoms with Crippen LogP contribution in [0.1, 0.15) is 23.2 Å². The van der Waals surface area contributed by atoms with Crippen molar-refractivity contribution in [1.29, 1.82) is 0 Å². The van der Waals surface area contributed by atoms with Gasteiger partial charge in [-0.2, -0.15) is 0 Å². The first-order valence-corrected chi connectivity index (χ1v) is 7.98. The first-order valence-electron chi connectivity index (χ1n) is 7.98. The number of carbonyl (C=O) groups excluding carboxylic acids is 1. The van der Waals surface area contributed by atoms with Crippen molar-refractivity contribution in [3.8, 4) is 5.88 Å². The molecule has 2 aromatic rings. The predicted molar refractivity (Wildman–Crippen MR) is 89.7 cm³/mol. The summed E-state index contributed by atoms with van der Waals surface area (Å²) in [7, 11) is 1.51. The molecule has 0 spiro atoms. The zero-order valence-electron chi connectivity index (χ0n) is 13.5. The molecule has 1 N–H and O–H groups in total. The number of aromatic nitrogens is 1. The third-order valence-corrected chi connectivity index (χ3v) is 4.19. The van der Waals surface area contributed by atoms with Gasteiger partial charge in [-0.05, 0) is 49.2 Å². The maximum absolute atomic E-state index is 12.9. The molecule has 1 amide bonds. The summed E-state index contributed by atoms with van der Waals surface area (Å²) in [6.07, 6.45) is 3.28. The molecule has 0 unspecified atom stereocenters. The van der Waals surface area contributed by atoms with Gasteiger partial charge in [0, 0.05) is 31.0 Å². The van der Waals surface area contributed by atoms with Gasteiger partial charge in [-0.1, -0.05) is 0 Å². The number of amides is 1. The van der Waals surface area contributed by atoms with Gasteiger partial charge in [0.2, 0.25) is 5.88 Å². The van der Waals surface area contributed by atoms with Crippen LogP contribution >= 0.6 is 0 Å². The molecule has 1 saturated heterocycles. The second-order valence-electron chi connectivity index (χ2n) is 5.78. The number of nitrogens with one attached hydrogen (secondary N) is 1. The quantitative estimate of drug-likeness (QED) is 0.937. The number of carbonyl (C=O) groups is 1. The number of halogens is 1. The van der Waals surface area contributed by atoms with E-state index in [4.69, 9.17) is 4.74 Å². The van der Waals surface area contributed by atoms with E-state index in [-0.39, 0.29) is 17.8 Å². The van der Waals surface area contributed by atoms with Gasteiger partial charge >= 0.3 is 0 Å². The monoisotopic (exact) mass is 329 g/mol. The SMILES string of the molecule is COc1ncccc1C(=O)N1CCC(Nc2ccc(F)cc2)CC1. The molecule has 5 nitrogen and oxygen atoms in total. The molecule has 6 heteroatoms. The lowest BCUT2D eigenvalue weighted by molar-refractivity contribution is 0.0714. The van der Waals surface area contributed by atoms with Crippen molar-refractivity contribution in [2.45, 2.75) is 18.9 Å². The maximum Gasteiger partial charge on any atom is 0.259 e. The van der Waals surface area contributed by atoms with Crippen LogP contribution in [0.4, 0.5) is 10.1 Å². The summed E-state index contributed by atoms with van der Waals surface area (Å²) >= 11 is 0. The largest absolute Gasteiger partial charge is 0.480 e. The summed E-state index contributed by atoms with van der Waals surface area (Å²) in [4.78, 5) is 18.5. The number of methoxy groups -OCH3 is 1. The summed E-state index contributed by atoms with van der Waals surface area (Å²) in [6, 6.07) is 10.1. The Morgan fingerprint density at radius 2 is 1.96 bits per heavy atom. The first kappa shape index (κ1) is 16.2. The van der Waals surface area contributed by atoms with Crippen LogP contribution in [0.15, 0.2) is 42.6 Å². The topological polar surface area (TPSA) is 54.5 Å². The van der Waals surface area contributed by atoms with Gasteiger partial charge < -0.3 is 15.0 Å². The highest BCUT2D eigenvalue weighted by Gasteiger charge is 2.25. The third-order valence-electron chi connectivity index (χ3n) is 4.19. The predicted octanol–water partition coefficient (Wildman–Crippen LogP) is 2.95. The van der Waals surface area contributed by atoms with Crippen LogP contribution in [0.3, 0.4) is 0 Å². The van der Waals surface area contributed by atoms with E-state index in [0.29, 0.717) is 24.5 Å². The third kappa shape index (κ3) is 3.64. The summed E-state index contributed by atoms with van der Waals surface area (Å²) < 4.78 is 18.1. The molecule has 2 heterocycles. The smallest absolute Gasteiger partial charge is 0.259 e. The number of piperidine rings is 1. The Morgan fingerprint density at radius 3 is 2.62 bits per heavy atom. The van der Waals surface area contributed by atoms with E-state index in [9.17, 15) is 9.18 Å². The normalized spacial score (nSPS) is 15.2. The fourth-order valence-corrected chi connectivity index (χ4v) is 2.90. The molecule has 1 fully saturated rings. The van der Waals surface area contributed by atoms with Gasteiger partial charge in [0.1, 0.15) is 11.4 Å². The van der Waals surface area contributed by atoms with Gasteiger partial charge in [-0.25, -0.2) is 9.37 Å². The highest BCUT2D eigenvalue weighted by molar-refractivity contribution is 5.96. The molecule has 1 aromatic heterocycles. The summed E-state index contributed by atoms with van der Waals surface area (Å²) in [5, 5.41) is 3.39. The van der Waals surface area contributed by atoms with E-state index in [1.165, 1.54) is 19.2 Å². The van der Waals surface area contributed by atoms with E-state index in [1.807, 2.05) is 4.90 Å². The van der Waals surface area contributed by atoms with Crippen molar-refractivity contribution >= 4 is 11.6 Å². The summed E-state index contributed by atoms with van der Waals surface area (Å²) in [5.74, 6) is 0.0561. The van der Waals surface area contributed by atoms with Crippen LogP contribution in [-0.4, -0.2) is 42.0 Å². The van der Waals surface area contributed by atoms with Crippen molar-refractivity contribution < 1.29 is 13.9 Å². The van der Waals surface area contributed by atoms with Crippen molar-refractivity contribution in [3.05, 3.63) is 54.0 Å². The molecule has 3 rings (SSSR count). The number of hydrogen-bond acceptors (Lipinski definition) is 4. The lowest BCUT2D eigenvalue weighted by Crippen LogP contribution is -2.42. The van der Waals surface area contributed by atoms with Gasteiger partial charge in [0.25, 0.3) is 5.91 Å². The highest BCUT2D eigenvalue weighted by atomic mass is 19.1. The number of nitrogens with zero attached hydrogens (tertiary/aromatic N) is 2. The Balaban J connectivity index is 1.58. The van der Waals surface area contributed by atoms with Crippen LogP contribution in [0.2, 0.25) is 0 Å². The maximum atomic E-state index is 12.9. The zero-order valence-corrected chi connectivity index (χ0v) is 13.5. The molecular formula is C18H20FN3O2. The Labute approximate surface area is 140 Å². The number of benzene rings is 1. The van der Waals surface area contributed by atoms with Crippen molar-refractivity contribution in [1.82, 2.24) is 9.88 Å². The molecule has 1 aromatic carbocycles. The van der Waals surface area contributed by atoms with E-state index in [1.54, 1.807) is 30.5 Å². The van der Waals surface area contributed by atoms with Crippen molar-refractivity contribution in [3.63, 3.8) is 0 Å². The zero-order chi connectivity index (χ0) is 16.9. The van der Waals surface area contributed by atoms with E-state index < -0.39 is 0 Å². The second kappa shape index (κ2) is 7.29. The van der Waals surface area contributed by atoms with Crippen LogP contribution in [0.25, 0.3) is 0 Å².